The van der Waals surface area contributed by atoms with Gasteiger partial charge < -0.3 is 20.3 Å². The maximum atomic E-state index is 12.5. The molecular weight excluding hydrogens is 488 g/mol. The summed E-state index contributed by atoms with van der Waals surface area (Å²) < 4.78 is 5.82. The Morgan fingerprint density at radius 3 is 2.70 bits per heavy atom. The number of hydrogen-bond donors (Lipinski definition) is 2. The van der Waals surface area contributed by atoms with Crippen LogP contribution in [0.2, 0.25) is 5.02 Å². The third-order valence-electron chi connectivity index (χ3n) is 5.70. The fraction of sp³-hybridized carbons (Fsp3) is 0.214. The predicted octanol–water partition coefficient (Wildman–Crippen LogP) is 5.68. The molecule has 37 heavy (non-hydrogen) atoms. The number of aryl methyl sites for hydroxylation is 1. The summed E-state index contributed by atoms with van der Waals surface area (Å²) in [5, 5.41) is 17.2. The average molecular weight is 515 g/mol. The number of anilines is 3. The summed E-state index contributed by atoms with van der Waals surface area (Å²) in [5.74, 6) is 0.444. The first-order valence-electron chi connectivity index (χ1n) is 11.7. The number of nitriles is 1. The second kappa shape index (κ2) is 11.7. The van der Waals surface area contributed by atoms with Crippen LogP contribution in [0.1, 0.15) is 23.2 Å². The minimum absolute atomic E-state index is 0.0804. The van der Waals surface area contributed by atoms with Crippen molar-refractivity contribution < 1.29 is 9.53 Å². The molecule has 1 amide bonds. The molecule has 8 nitrogen and oxygen atoms in total. The Bertz CT molecular complexity index is 1470. The lowest BCUT2D eigenvalue weighted by Gasteiger charge is -2.16. The van der Waals surface area contributed by atoms with Crippen molar-refractivity contribution in [1.29, 1.82) is 5.26 Å². The van der Waals surface area contributed by atoms with E-state index in [2.05, 4.69) is 26.7 Å². The SMILES string of the molecule is Cc1cc2ncc(C#N)c(Nc3ccc(OCc4ccccn4)c(Cl)c3)c2cc1NC(=O)CCN(C)C. The summed E-state index contributed by atoms with van der Waals surface area (Å²) in [6, 6.07) is 16.9. The fourth-order valence-electron chi connectivity index (χ4n) is 3.71. The first kappa shape index (κ1) is 25.9. The van der Waals surface area contributed by atoms with E-state index in [-0.39, 0.29) is 5.91 Å². The number of carbonyl (C=O) groups excluding carboxylic acids is 1. The number of halogens is 1. The van der Waals surface area contributed by atoms with Crippen molar-refractivity contribution in [1.82, 2.24) is 14.9 Å². The molecule has 2 aromatic heterocycles. The van der Waals surface area contributed by atoms with Crippen LogP contribution in [-0.2, 0) is 11.4 Å². The maximum absolute atomic E-state index is 12.5. The molecular formula is C28H27ClN6O2. The third-order valence-corrected chi connectivity index (χ3v) is 5.99. The van der Waals surface area contributed by atoms with Gasteiger partial charge in [0, 0.05) is 42.1 Å². The summed E-state index contributed by atoms with van der Waals surface area (Å²) in [6.45, 7) is 2.86. The van der Waals surface area contributed by atoms with Crippen LogP contribution in [-0.4, -0.2) is 41.4 Å². The van der Waals surface area contributed by atoms with Crippen molar-refractivity contribution in [2.45, 2.75) is 20.0 Å². The number of aromatic nitrogens is 2. The van der Waals surface area contributed by atoms with Crippen LogP contribution < -0.4 is 15.4 Å². The molecule has 4 rings (SSSR count). The summed E-state index contributed by atoms with van der Waals surface area (Å²) >= 11 is 6.50. The molecule has 2 heterocycles. The molecule has 4 aromatic rings. The van der Waals surface area contributed by atoms with E-state index in [0.29, 0.717) is 63.9 Å². The smallest absolute Gasteiger partial charge is 0.225 e. The van der Waals surface area contributed by atoms with Gasteiger partial charge in [-0.05, 0) is 69.0 Å². The molecule has 9 heteroatoms. The zero-order valence-corrected chi connectivity index (χ0v) is 21.6. The Balaban J connectivity index is 1.60. The number of amides is 1. The lowest BCUT2D eigenvalue weighted by molar-refractivity contribution is -0.116. The minimum atomic E-state index is -0.0804. The van der Waals surface area contributed by atoms with Gasteiger partial charge in [0.2, 0.25) is 5.91 Å². The predicted molar refractivity (Wildman–Crippen MR) is 146 cm³/mol. The number of nitrogens with zero attached hydrogens (tertiary/aromatic N) is 4. The van der Waals surface area contributed by atoms with Gasteiger partial charge in [0.05, 0.1) is 27.5 Å². The molecule has 0 bridgehead atoms. The molecule has 0 aliphatic heterocycles. The van der Waals surface area contributed by atoms with Gasteiger partial charge in [0.15, 0.2) is 0 Å². The molecule has 0 atom stereocenters. The largest absolute Gasteiger partial charge is 0.486 e. The van der Waals surface area contributed by atoms with Crippen LogP contribution in [0.3, 0.4) is 0 Å². The van der Waals surface area contributed by atoms with Gasteiger partial charge in [0.1, 0.15) is 18.4 Å². The Labute approximate surface area is 220 Å². The monoisotopic (exact) mass is 514 g/mol. The summed E-state index contributed by atoms with van der Waals surface area (Å²) in [4.78, 5) is 23.1. The lowest BCUT2D eigenvalue weighted by Crippen LogP contribution is -2.21. The zero-order valence-electron chi connectivity index (χ0n) is 20.9. The van der Waals surface area contributed by atoms with Gasteiger partial charge in [-0.15, -0.1) is 0 Å². The van der Waals surface area contributed by atoms with E-state index in [1.807, 2.05) is 62.3 Å². The van der Waals surface area contributed by atoms with Crippen molar-refractivity contribution in [2.24, 2.45) is 0 Å². The summed E-state index contributed by atoms with van der Waals surface area (Å²) in [7, 11) is 3.85. The molecule has 0 aliphatic rings. The van der Waals surface area contributed by atoms with Crippen molar-refractivity contribution in [3.63, 3.8) is 0 Å². The number of hydrogen-bond acceptors (Lipinski definition) is 7. The number of carbonyl (C=O) groups is 1. The molecule has 0 radical (unpaired) electrons. The van der Waals surface area contributed by atoms with Crippen molar-refractivity contribution >= 4 is 45.5 Å². The third kappa shape index (κ3) is 6.53. The molecule has 0 fully saturated rings. The van der Waals surface area contributed by atoms with Crippen LogP contribution in [0.5, 0.6) is 5.75 Å². The number of rotatable bonds is 9. The quantitative estimate of drug-likeness (QED) is 0.296. The second-order valence-electron chi connectivity index (χ2n) is 8.82. The van der Waals surface area contributed by atoms with E-state index in [9.17, 15) is 10.1 Å². The zero-order chi connectivity index (χ0) is 26.4. The van der Waals surface area contributed by atoms with Gasteiger partial charge in [-0.2, -0.15) is 5.26 Å². The second-order valence-corrected chi connectivity index (χ2v) is 9.23. The molecule has 188 valence electrons. The number of benzene rings is 2. The Morgan fingerprint density at radius 2 is 2.00 bits per heavy atom. The summed E-state index contributed by atoms with van der Waals surface area (Å²) in [5.41, 5.74) is 4.67. The van der Waals surface area contributed by atoms with Gasteiger partial charge in [-0.25, -0.2) is 0 Å². The fourth-order valence-corrected chi connectivity index (χ4v) is 3.95. The van der Waals surface area contributed by atoms with Crippen LogP contribution in [0, 0.1) is 18.3 Å². The normalized spacial score (nSPS) is 10.8. The number of nitrogens with one attached hydrogen (secondary N) is 2. The van der Waals surface area contributed by atoms with Crippen molar-refractivity contribution in [3.8, 4) is 11.8 Å². The number of pyridine rings is 2. The van der Waals surface area contributed by atoms with Gasteiger partial charge >= 0.3 is 0 Å². The standard InChI is InChI=1S/C28H27ClN6O2/c1-18-12-25-22(14-24(18)34-27(36)9-11-35(2)3)28(19(15-30)16-32-25)33-20-7-8-26(23(29)13-20)37-17-21-6-4-5-10-31-21/h4-8,10,12-14,16H,9,11,17H2,1-3H3,(H,32,33)(H,34,36). The molecule has 0 unspecified atom stereocenters. The van der Waals surface area contributed by atoms with Crippen LogP contribution in [0.25, 0.3) is 10.9 Å². The first-order valence-corrected chi connectivity index (χ1v) is 12.1. The Hall–Kier alpha value is -4.19. The minimum Gasteiger partial charge on any atom is -0.486 e. The van der Waals surface area contributed by atoms with Crippen LogP contribution in [0.4, 0.5) is 17.1 Å². The summed E-state index contributed by atoms with van der Waals surface area (Å²) in [6.07, 6.45) is 3.62. The molecule has 0 saturated carbocycles. The average Bonchev–Trinajstić information content (AvgIpc) is 2.88. The van der Waals surface area contributed by atoms with Crippen molar-refractivity contribution in [2.75, 3.05) is 31.3 Å². The lowest BCUT2D eigenvalue weighted by atomic mass is 10.1. The molecule has 2 N–H and O–H groups in total. The van der Waals surface area contributed by atoms with E-state index >= 15 is 0 Å². The van der Waals surface area contributed by atoms with E-state index in [4.69, 9.17) is 16.3 Å². The van der Waals surface area contributed by atoms with E-state index < -0.39 is 0 Å². The highest BCUT2D eigenvalue weighted by atomic mass is 35.5. The van der Waals surface area contributed by atoms with Crippen LogP contribution >= 0.6 is 11.6 Å². The highest BCUT2D eigenvalue weighted by Crippen LogP contribution is 2.35. The molecule has 0 spiro atoms. The molecule has 0 aliphatic carbocycles. The highest BCUT2D eigenvalue weighted by molar-refractivity contribution is 6.32. The first-order chi connectivity index (χ1) is 17.8. The molecule has 2 aromatic carbocycles. The Morgan fingerprint density at radius 1 is 1.16 bits per heavy atom. The van der Waals surface area contributed by atoms with Gasteiger partial charge in [-0.3, -0.25) is 14.8 Å². The van der Waals surface area contributed by atoms with Gasteiger partial charge in [-0.1, -0.05) is 17.7 Å². The van der Waals surface area contributed by atoms with E-state index in [1.165, 1.54) is 6.20 Å². The Kier molecular flexibility index (Phi) is 8.18. The number of ether oxygens (including phenoxy) is 1. The molecule has 0 saturated heterocycles. The number of fused-ring (bicyclic) bond motifs is 1. The van der Waals surface area contributed by atoms with Crippen molar-refractivity contribution in [3.05, 3.63) is 82.8 Å². The van der Waals surface area contributed by atoms with Gasteiger partial charge in [0.25, 0.3) is 0 Å². The van der Waals surface area contributed by atoms with E-state index in [0.717, 1.165) is 11.3 Å². The highest BCUT2D eigenvalue weighted by Gasteiger charge is 2.14. The topological polar surface area (TPSA) is 103 Å². The maximum Gasteiger partial charge on any atom is 0.225 e. The van der Waals surface area contributed by atoms with E-state index in [1.54, 1.807) is 18.3 Å². The van der Waals surface area contributed by atoms with Crippen LogP contribution in [0.15, 0.2) is 60.9 Å².